The van der Waals surface area contributed by atoms with Gasteiger partial charge in [-0.15, -0.1) is 4.52 Å². The molecule has 0 saturated carbocycles. The number of hydrogen-bond acceptors (Lipinski definition) is 2. The summed E-state index contributed by atoms with van der Waals surface area (Å²) in [5.74, 6) is 0. The SMILES string of the molecule is CCC.CO[P+](=O)C(C)(C)C. The average Bonchev–Trinajstić information content (AvgIpc) is 1.86. The topological polar surface area (TPSA) is 26.3 Å². The smallest absolute Gasteiger partial charge is 0.149 e. The Morgan fingerprint density at radius 3 is 1.55 bits per heavy atom. The Labute approximate surface area is 71.2 Å². The van der Waals surface area contributed by atoms with Gasteiger partial charge >= 0.3 is 8.03 Å². The van der Waals surface area contributed by atoms with Crippen LogP contribution in [0.25, 0.3) is 0 Å². The molecule has 0 amide bonds. The van der Waals surface area contributed by atoms with Gasteiger partial charge in [0.05, 0.1) is 7.11 Å². The van der Waals surface area contributed by atoms with Crippen LogP contribution in [0.4, 0.5) is 0 Å². The molecule has 0 saturated heterocycles. The van der Waals surface area contributed by atoms with Crippen molar-refractivity contribution in [3.05, 3.63) is 0 Å². The third kappa shape index (κ3) is 10.1. The molecule has 2 nitrogen and oxygen atoms in total. The summed E-state index contributed by atoms with van der Waals surface area (Å²) in [6.07, 6.45) is 1.25. The fourth-order valence-corrected chi connectivity index (χ4v) is 0.822. The lowest BCUT2D eigenvalue weighted by molar-refractivity contribution is 0.394. The Morgan fingerprint density at radius 2 is 1.55 bits per heavy atom. The van der Waals surface area contributed by atoms with E-state index < -0.39 is 8.03 Å². The first-order valence-electron chi connectivity index (χ1n) is 3.91. The summed E-state index contributed by atoms with van der Waals surface area (Å²) >= 11 is 0. The zero-order valence-corrected chi connectivity index (χ0v) is 9.37. The molecule has 1 atom stereocenters. The molecular formula is C8H20O2P+. The fraction of sp³-hybridized carbons (Fsp3) is 1.00. The maximum atomic E-state index is 10.8. The van der Waals surface area contributed by atoms with Crippen molar-refractivity contribution in [3.63, 3.8) is 0 Å². The Morgan fingerprint density at radius 1 is 1.27 bits per heavy atom. The summed E-state index contributed by atoms with van der Waals surface area (Å²) in [6.45, 7) is 9.90. The van der Waals surface area contributed by atoms with Crippen molar-refractivity contribution in [2.24, 2.45) is 0 Å². The first-order valence-corrected chi connectivity index (χ1v) is 5.09. The van der Waals surface area contributed by atoms with E-state index in [2.05, 4.69) is 18.4 Å². The van der Waals surface area contributed by atoms with Gasteiger partial charge in [-0.2, -0.15) is 0 Å². The maximum absolute atomic E-state index is 10.8. The summed E-state index contributed by atoms with van der Waals surface area (Å²) in [4.78, 5) is 0. The molecule has 0 radical (unpaired) electrons. The molecule has 68 valence electrons. The Balaban J connectivity index is 0. The van der Waals surface area contributed by atoms with Gasteiger partial charge in [0.25, 0.3) is 0 Å². The molecule has 0 aliphatic rings. The van der Waals surface area contributed by atoms with Crippen LogP contribution in [0.2, 0.25) is 0 Å². The largest absolute Gasteiger partial charge is 0.513 e. The van der Waals surface area contributed by atoms with E-state index in [-0.39, 0.29) is 5.16 Å². The Hall–Kier alpha value is 0.0600. The zero-order valence-electron chi connectivity index (χ0n) is 8.47. The van der Waals surface area contributed by atoms with Crippen molar-refractivity contribution >= 4 is 8.03 Å². The molecule has 0 aromatic heterocycles. The quantitative estimate of drug-likeness (QED) is 0.575. The highest BCUT2D eigenvalue weighted by molar-refractivity contribution is 7.41. The molecule has 0 bridgehead atoms. The van der Waals surface area contributed by atoms with E-state index in [1.807, 2.05) is 20.8 Å². The molecule has 0 aliphatic heterocycles. The lowest BCUT2D eigenvalue weighted by Crippen LogP contribution is -2.06. The van der Waals surface area contributed by atoms with Gasteiger partial charge in [-0.05, 0) is 25.3 Å². The van der Waals surface area contributed by atoms with E-state index >= 15 is 0 Å². The van der Waals surface area contributed by atoms with Gasteiger partial charge < -0.3 is 0 Å². The molecule has 0 spiro atoms. The minimum Gasteiger partial charge on any atom is -0.149 e. The molecule has 0 heterocycles. The van der Waals surface area contributed by atoms with Gasteiger partial charge in [0, 0.05) is 0 Å². The van der Waals surface area contributed by atoms with Crippen LogP contribution < -0.4 is 0 Å². The van der Waals surface area contributed by atoms with Gasteiger partial charge in [0.2, 0.25) is 0 Å². The molecule has 3 heteroatoms. The van der Waals surface area contributed by atoms with Crippen LogP contribution in [-0.2, 0) is 9.09 Å². The third-order valence-electron chi connectivity index (χ3n) is 0.714. The second-order valence-electron chi connectivity index (χ2n) is 3.32. The van der Waals surface area contributed by atoms with Gasteiger partial charge in [0.1, 0.15) is 0 Å². The van der Waals surface area contributed by atoms with Crippen molar-refractivity contribution < 1.29 is 9.09 Å². The van der Waals surface area contributed by atoms with E-state index in [1.165, 1.54) is 13.5 Å². The third-order valence-corrected chi connectivity index (χ3v) is 2.14. The summed E-state index contributed by atoms with van der Waals surface area (Å²) in [5.41, 5.74) is 0. The van der Waals surface area contributed by atoms with Crippen LogP contribution in [0.1, 0.15) is 41.0 Å². The Bertz CT molecular complexity index is 105. The van der Waals surface area contributed by atoms with Crippen LogP contribution in [0, 0.1) is 0 Å². The predicted octanol–water partition coefficient (Wildman–Crippen LogP) is 3.59. The molecule has 0 aliphatic carbocycles. The highest BCUT2D eigenvalue weighted by Gasteiger charge is 2.35. The lowest BCUT2D eigenvalue weighted by atomic mass is 10.3. The molecule has 0 aromatic carbocycles. The van der Waals surface area contributed by atoms with E-state index in [0.29, 0.717) is 0 Å². The van der Waals surface area contributed by atoms with Crippen molar-refractivity contribution in [1.82, 2.24) is 0 Å². The van der Waals surface area contributed by atoms with Crippen molar-refractivity contribution in [2.45, 2.75) is 46.2 Å². The van der Waals surface area contributed by atoms with E-state index in [4.69, 9.17) is 0 Å². The molecular weight excluding hydrogens is 159 g/mol. The molecule has 0 N–H and O–H groups in total. The normalized spacial score (nSPS) is 11.6. The van der Waals surface area contributed by atoms with Crippen LogP contribution >= 0.6 is 8.03 Å². The molecule has 11 heavy (non-hydrogen) atoms. The fourth-order valence-electron chi connectivity index (χ4n) is 0.274. The van der Waals surface area contributed by atoms with Crippen LogP contribution in [-0.4, -0.2) is 12.3 Å². The van der Waals surface area contributed by atoms with Gasteiger partial charge in [-0.25, -0.2) is 0 Å². The molecule has 0 rings (SSSR count). The Kier molecular flexibility index (Phi) is 8.37. The summed E-state index contributed by atoms with van der Waals surface area (Å²) < 4.78 is 15.4. The monoisotopic (exact) mass is 179 g/mol. The number of hydrogen-bond donors (Lipinski definition) is 0. The van der Waals surface area contributed by atoms with Crippen molar-refractivity contribution in [3.8, 4) is 0 Å². The van der Waals surface area contributed by atoms with Gasteiger partial charge in [-0.3, -0.25) is 0 Å². The zero-order chi connectivity index (χ0) is 9.49. The molecule has 0 fully saturated rings. The second-order valence-corrected chi connectivity index (χ2v) is 5.54. The maximum Gasteiger partial charge on any atom is 0.513 e. The number of rotatable bonds is 1. The minimum atomic E-state index is -1.47. The van der Waals surface area contributed by atoms with Crippen molar-refractivity contribution in [1.29, 1.82) is 0 Å². The van der Waals surface area contributed by atoms with E-state index in [1.54, 1.807) is 0 Å². The van der Waals surface area contributed by atoms with Crippen LogP contribution in [0.3, 0.4) is 0 Å². The average molecular weight is 179 g/mol. The minimum absolute atomic E-state index is 0.204. The summed E-state index contributed by atoms with van der Waals surface area (Å²) in [5, 5.41) is -0.204. The highest BCUT2D eigenvalue weighted by atomic mass is 31.1. The summed E-state index contributed by atoms with van der Waals surface area (Å²) in [6, 6.07) is 0. The van der Waals surface area contributed by atoms with Crippen LogP contribution in [0.15, 0.2) is 0 Å². The highest BCUT2D eigenvalue weighted by Crippen LogP contribution is 2.37. The summed E-state index contributed by atoms with van der Waals surface area (Å²) in [7, 11) is -0.00714. The first kappa shape index (κ1) is 13.6. The molecule has 0 aromatic rings. The van der Waals surface area contributed by atoms with Gasteiger partial charge in [-0.1, -0.05) is 20.3 Å². The van der Waals surface area contributed by atoms with Crippen molar-refractivity contribution in [2.75, 3.05) is 7.11 Å². The van der Waals surface area contributed by atoms with E-state index in [0.717, 1.165) is 0 Å². The van der Waals surface area contributed by atoms with Crippen LogP contribution in [0.5, 0.6) is 0 Å². The molecule has 1 unspecified atom stereocenters. The van der Waals surface area contributed by atoms with Gasteiger partial charge in [0.15, 0.2) is 5.16 Å². The predicted molar refractivity (Wildman–Crippen MR) is 50.3 cm³/mol. The second kappa shape index (κ2) is 6.75. The lowest BCUT2D eigenvalue weighted by Gasteiger charge is -1.99. The first-order chi connectivity index (χ1) is 4.90. The van der Waals surface area contributed by atoms with E-state index in [9.17, 15) is 4.57 Å². The standard InChI is InChI=1S/C5H12O2P.C3H8/c1-5(2,3)8(6)7-4;1-3-2/h1-4H3;3H2,1-2H3/q+1;.